The second kappa shape index (κ2) is 13.0. The van der Waals surface area contributed by atoms with Gasteiger partial charge in [0.15, 0.2) is 0 Å². The van der Waals surface area contributed by atoms with Crippen molar-refractivity contribution in [2.45, 2.75) is 19.4 Å². The number of ether oxygens (including phenoxy) is 1. The lowest BCUT2D eigenvalue weighted by Gasteiger charge is -2.14. The summed E-state index contributed by atoms with van der Waals surface area (Å²) in [4.78, 5) is 28.8. The van der Waals surface area contributed by atoms with E-state index in [0.29, 0.717) is 5.52 Å². The Hall–Kier alpha value is -3.81. The molecule has 16 heteroatoms. The lowest BCUT2D eigenvalue weighted by atomic mass is 10.1. The van der Waals surface area contributed by atoms with Gasteiger partial charge in [-0.25, -0.2) is 18.2 Å². The number of imidazole rings is 1. The van der Waals surface area contributed by atoms with Crippen LogP contribution in [0.1, 0.15) is 15.9 Å². The Morgan fingerprint density at radius 1 is 1.02 bits per heavy atom. The molecule has 0 bridgehead atoms. The van der Waals surface area contributed by atoms with Gasteiger partial charge in [-0.05, 0) is 35.9 Å². The first-order valence-corrected chi connectivity index (χ1v) is 13.0. The van der Waals surface area contributed by atoms with Crippen LogP contribution in [0.25, 0.3) is 11.0 Å². The van der Waals surface area contributed by atoms with Gasteiger partial charge in [0.25, 0.3) is 18.2 Å². The SMILES string of the molecule is Cn1c(Nc2c(Cl)ccc(CNC(=O)C(F)F)c2Cl)nc2cc(C(=O)Nc3ccc(F)c(Cl)c3)c(OCC(F)F)cc21. The maximum atomic E-state index is 13.5. The fraction of sp³-hybridized carbons (Fsp3) is 0.192. The average molecular weight is 651 g/mol. The second-order valence-electron chi connectivity index (χ2n) is 8.66. The molecule has 1 heterocycles. The quantitative estimate of drug-likeness (QED) is 0.158. The molecule has 8 nitrogen and oxygen atoms in total. The second-order valence-corrected chi connectivity index (χ2v) is 9.85. The maximum absolute atomic E-state index is 13.5. The summed E-state index contributed by atoms with van der Waals surface area (Å²) in [6.07, 6.45) is -6.04. The third kappa shape index (κ3) is 6.97. The zero-order valence-electron chi connectivity index (χ0n) is 21.3. The fourth-order valence-electron chi connectivity index (χ4n) is 3.77. The van der Waals surface area contributed by atoms with Crippen LogP contribution < -0.4 is 20.7 Å². The Labute approximate surface area is 249 Å². The lowest BCUT2D eigenvalue weighted by molar-refractivity contribution is -0.131. The Morgan fingerprint density at radius 3 is 2.43 bits per heavy atom. The van der Waals surface area contributed by atoms with Gasteiger partial charge in [-0.15, -0.1) is 0 Å². The summed E-state index contributed by atoms with van der Waals surface area (Å²) in [5, 5.41) is 7.41. The minimum atomic E-state index is -3.20. The van der Waals surface area contributed by atoms with Crippen LogP contribution in [0.3, 0.4) is 0 Å². The first kappa shape index (κ1) is 31.1. The van der Waals surface area contributed by atoms with Crippen molar-refractivity contribution < 1.29 is 36.3 Å². The summed E-state index contributed by atoms with van der Waals surface area (Å²) in [5.41, 5.74) is 0.999. The van der Waals surface area contributed by atoms with Gasteiger partial charge in [0.2, 0.25) is 5.95 Å². The van der Waals surface area contributed by atoms with Crippen molar-refractivity contribution in [1.82, 2.24) is 14.9 Å². The van der Waals surface area contributed by atoms with E-state index in [1.165, 1.54) is 41.0 Å². The highest BCUT2D eigenvalue weighted by molar-refractivity contribution is 6.39. The number of benzene rings is 3. The largest absolute Gasteiger partial charge is 0.487 e. The van der Waals surface area contributed by atoms with E-state index in [2.05, 4.69) is 20.9 Å². The summed E-state index contributed by atoms with van der Waals surface area (Å²) in [6.45, 7) is -1.31. The molecule has 0 unspecified atom stereocenters. The average Bonchev–Trinajstić information content (AvgIpc) is 3.24. The topological polar surface area (TPSA) is 97.3 Å². The molecule has 0 aliphatic rings. The highest BCUT2D eigenvalue weighted by Crippen LogP contribution is 2.37. The minimum Gasteiger partial charge on any atom is -0.487 e. The van der Waals surface area contributed by atoms with Crippen LogP contribution in [0.4, 0.5) is 39.3 Å². The van der Waals surface area contributed by atoms with E-state index in [4.69, 9.17) is 39.5 Å². The Morgan fingerprint density at radius 2 is 1.76 bits per heavy atom. The highest BCUT2D eigenvalue weighted by atomic mass is 35.5. The van der Waals surface area contributed by atoms with E-state index >= 15 is 0 Å². The van der Waals surface area contributed by atoms with E-state index in [1.807, 2.05) is 0 Å². The number of nitrogens with zero attached hydrogens (tertiary/aromatic N) is 2. The lowest BCUT2D eigenvalue weighted by Crippen LogP contribution is -2.29. The van der Waals surface area contributed by atoms with Gasteiger partial charge in [-0.3, -0.25) is 9.59 Å². The number of anilines is 3. The number of hydrogen-bond donors (Lipinski definition) is 3. The monoisotopic (exact) mass is 649 g/mol. The summed E-state index contributed by atoms with van der Waals surface area (Å²) in [6, 6.07) is 9.01. The van der Waals surface area contributed by atoms with Gasteiger partial charge in [-0.1, -0.05) is 40.9 Å². The molecule has 0 spiro atoms. The molecule has 0 saturated carbocycles. The molecule has 2 amide bonds. The number of carbonyl (C=O) groups excluding carboxylic acids is 2. The Bertz CT molecular complexity index is 1670. The normalized spacial score (nSPS) is 11.3. The number of aryl methyl sites for hydroxylation is 1. The van der Waals surface area contributed by atoms with Gasteiger partial charge < -0.3 is 25.3 Å². The van der Waals surface area contributed by atoms with Crippen molar-refractivity contribution in [1.29, 1.82) is 0 Å². The van der Waals surface area contributed by atoms with Crippen molar-refractivity contribution >= 4 is 75.0 Å². The van der Waals surface area contributed by atoms with E-state index in [1.54, 1.807) is 7.05 Å². The third-order valence-corrected chi connectivity index (χ3v) is 6.86. The zero-order chi connectivity index (χ0) is 30.7. The zero-order valence-corrected chi connectivity index (χ0v) is 23.5. The molecule has 3 aromatic carbocycles. The van der Waals surface area contributed by atoms with Crippen LogP contribution in [0.5, 0.6) is 5.75 Å². The number of carbonyl (C=O) groups is 2. The summed E-state index contributed by atoms with van der Waals surface area (Å²) in [7, 11) is 1.57. The molecule has 4 aromatic rings. The van der Waals surface area contributed by atoms with Gasteiger partial charge >= 0.3 is 6.43 Å². The van der Waals surface area contributed by atoms with Crippen molar-refractivity contribution in [3.8, 4) is 5.75 Å². The fourth-order valence-corrected chi connectivity index (χ4v) is 4.48. The molecule has 0 fully saturated rings. The standard InChI is InChI=1S/C26H19Cl3F5N5O3/c1-39-18-8-19(42-10-20(31)32)13(24(40)36-12-3-5-16(30)15(28)6-12)7-17(18)37-26(39)38-22-14(27)4-2-11(21(22)29)9-35-25(41)23(33)34/h2-8,20,23H,9-10H2,1H3,(H,35,41)(H,36,40)(H,37,38). The number of hydrogen-bond acceptors (Lipinski definition) is 5. The van der Waals surface area contributed by atoms with Gasteiger partial charge in [0.05, 0.1) is 37.4 Å². The molecular weight excluding hydrogens is 632 g/mol. The molecule has 0 radical (unpaired) electrons. The molecule has 0 saturated heterocycles. The molecule has 0 atom stereocenters. The molecule has 3 N–H and O–H groups in total. The van der Waals surface area contributed by atoms with Gasteiger partial charge in [0.1, 0.15) is 18.2 Å². The van der Waals surface area contributed by atoms with Crippen molar-refractivity contribution in [2.24, 2.45) is 7.05 Å². The molecule has 0 aliphatic carbocycles. The van der Waals surface area contributed by atoms with Crippen molar-refractivity contribution in [3.05, 3.63) is 74.5 Å². The van der Waals surface area contributed by atoms with Crippen LogP contribution in [-0.4, -0.2) is 40.8 Å². The molecule has 0 aliphatic heterocycles. The van der Waals surface area contributed by atoms with Crippen LogP contribution in [0.2, 0.25) is 15.1 Å². The number of rotatable bonds is 10. The van der Waals surface area contributed by atoms with Crippen LogP contribution in [0.15, 0.2) is 42.5 Å². The van der Waals surface area contributed by atoms with E-state index in [9.17, 15) is 31.5 Å². The van der Waals surface area contributed by atoms with Crippen molar-refractivity contribution in [3.63, 3.8) is 0 Å². The van der Waals surface area contributed by atoms with Gasteiger partial charge in [0, 0.05) is 25.3 Å². The Kier molecular flexibility index (Phi) is 9.64. The molecule has 4 rings (SSSR count). The number of amides is 2. The summed E-state index contributed by atoms with van der Waals surface area (Å²) in [5.74, 6) is -2.98. The van der Waals surface area contributed by atoms with E-state index in [-0.39, 0.29) is 61.3 Å². The minimum absolute atomic E-state index is 0.0168. The molecular formula is C26H19Cl3F5N5O3. The number of fused-ring (bicyclic) bond motifs is 1. The molecule has 1 aromatic heterocycles. The first-order valence-electron chi connectivity index (χ1n) is 11.8. The van der Waals surface area contributed by atoms with Gasteiger partial charge in [-0.2, -0.15) is 8.78 Å². The molecule has 42 heavy (non-hydrogen) atoms. The summed E-state index contributed by atoms with van der Waals surface area (Å²) >= 11 is 18.5. The number of aromatic nitrogens is 2. The van der Waals surface area contributed by atoms with E-state index < -0.39 is 37.1 Å². The highest BCUT2D eigenvalue weighted by Gasteiger charge is 2.22. The summed E-state index contributed by atoms with van der Waals surface area (Å²) < 4.78 is 71.3. The molecule has 222 valence electrons. The smallest absolute Gasteiger partial charge is 0.315 e. The first-order chi connectivity index (χ1) is 19.8. The van der Waals surface area contributed by atoms with E-state index in [0.717, 1.165) is 6.07 Å². The Balaban J connectivity index is 1.69. The van der Waals surface area contributed by atoms with Crippen LogP contribution >= 0.6 is 34.8 Å². The van der Waals surface area contributed by atoms with Crippen LogP contribution in [-0.2, 0) is 18.4 Å². The predicted octanol–water partition coefficient (Wildman–Crippen LogP) is 7.19. The maximum Gasteiger partial charge on any atom is 0.315 e. The van der Waals surface area contributed by atoms with Crippen molar-refractivity contribution in [2.75, 3.05) is 17.2 Å². The third-order valence-electron chi connectivity index (χ3n) is 5.83. The number of nitrogens with one attached hydrogen (secondary N) is 3. The number of halogens is 8. The predicted molar refractivity (Wildman–Crippen MR) is 149 cm³/mol. The van der Waals surface area contributed by atoms with Crippen LogP contribution in [0, 0.1) is 5.82 Å². The number of alkyl halides is 4.